The second kappa shape index (κ2) is 12.2. The van der Waals surface area contributed by atoms with E-state index in [0.717, 1.165) is 0 Å². The molecule has 8 nitrogen and oxygen atoms in total. The lowest BCUT2D eigenvalue weighted by atomic mass is 10.1. The quantitative estimate of drug-likeness (QED) is 0.328. The van der Waals surface area contributed by atoms with E-state index >= 15 is 0 Å². The fourth-order valence-corrected chi connectivity index (χ4v) is 5.45. The summed E-state index contributed by atoms with van der Waals surface area (Å²) in [7, 11) is -2.20. The number of nitrogens with one attached hydrogen (secondary N) is 3. The highest BCUT2D eigenvalue weighted by molar-refractivity contribution is 8.00. The van der Waals surface area contributed by atoms with Gasteiger partial charge in [-0.25, -0.2) is 13.1 Å². The van der Waals surface area contributed by atoms with Gasteiger partial charge in [-0.3, -0.25) is 9.59 Å². The van der Waals surface area contributed by atoms with Crippen LogP contribution in [-0.4, -0.2) is 51.8 Å². The number of hydrogen-bond acceptors (Lipinski definition) is 6. The minimum Gasteiger partial charge on any atom is -0.383 e. The Morgan fingerprint density at radius 3 is 2.36 bits per heavy atom. The van der Waals surface area contributed by atoms with Gasteiger partial charge in [-0.1, -0.05) is 30.3 Å². The number of amides is 2. The molecule has 0 aromatic heterocycles. The summed E-state index contributed by atoms with van der Waals surface area (Å²) >= 11 is 1.26. The number of ether oxygens (including phenoxy) is 1. The molecule has 0 atom stereocenters. The summed E-state index contributed by atoms with van der Waals surface area (Å²) in [6.07, 6.45) is 0. The number of carbonyl (C=O) groups is 2. The molecule has 2 aromatic carbocycles. The summed E-state index contributed by atoms with van der Waals surface area (Å²) in [5.41, 5.74) is 0.256. The van der Waals surface area contributed by atoms with Gasteiger partial charge in [0.05, 0.1) is 22.8 Å². The fraction of sp³-hybridized carbons (Fsp3) is 0.391. The van der Waals surface area contributed by atoms with Gasteiger partial charge in [0.2, 0.25) is 15.9 Å². The molecule has 180 valence electrons. The van der Waals surface area contributed by atoms with E-state index in [0.29, 0.717) is 29.2 Å². The first-order chi connectivity index (χ1) is 15.5. The third-order valence-electron chi connectivity index (χ3n) is 4.26. The van der Waals surface area contributed by atoms with Crippen LogP contribution in [0.2, 0.25) is 0 Å². The van der Waals surface area contributed by atoms with Crippen molar-refractivity contribution in [3.8, 4) is 0 Å². The van der Waals surface area contributed by atoms with Crippen molar-refractivity contribution >= 4 is 33.6 Å². The molecule has 2 amide bonds. The summed E-state index contributed by atoms with van der Waals surface area (Å²) in [5, 5.41) is 5.54. The van der Waals surface area contributed by atoms with Gasteiger partial charge in [0.1, 0.15) is 0 Å². The molecular weight excluding hydrogens is 462 g/mol. The molecule has 0 radical (unpaired) electrons. The van der Waals surface area contributed by atoms with Crippen LogP contribution in [0.5, 0.6) is 0 Å². The lowest BCUT2D eigenvalue weighted by Gasteiger charge is -2.21. The number of hydrogen-bond donors (Lipinski definition) is 3. The van der Waals surface area contributed by atoms with Crippen molar-refractivity contribution in [3.05, 3.63) is 59.7 Å². The van der Waals surface area contributed by atoms with E-state index in [1.54, 1.807) is 70.3 Å². The number of sulfonamides is 1. The molecule has 33 heavy (non-hydrogen) atoms. The van der Waals surface area contributed by atoms with E-state index in [2.05, 4.69) is 15.4 Å². The number of thioether (sulfide) groups is 1. The number of benzene rings is 2. The van der Waals surface area contributed by atoms with Gasteiger partial charge in [0.25, 0.3) is 5.91 Å². The van der Waals surface area contributed by atoms with Gasteiger partial charge in [-0.15, -0.1) is 11.8 Å². The fourth-order valence-electron chi connectivity index (χ4n) is 2.91. The Balaban J connectivity index is 2.09. The molecule has 2 aromatic rings. The Morgan fingerprint density at radius 2 is 1.67 bits per heavy atom. The monoisotopic (exact) mass is 493 g/mol. The lowest BCUT2D eigenvalue weighted by Crippen LogP contribution is -2.41. The lowest BCUT2D eigenvalue weighted by molar-refractivity contribution is -0.118. The Morgan fingerprint density at radius 1 is 1.00 bits per heavy atom. The Hall–Kier alpha value is -2.40. The third-order valence-corrected chi connectivity index (χ3v) is 7.19. The van der Waals surface area contributed by atoms with Crippen LogP contribution < -0.4 is 15.4 Å². The molecule has 0 aliphatic heterocycles. The van der Waals surface area contributed by atoms with E-state index in [1.165, 1.54) is 17.8 Å². The van der Waals surface area contributed by atoms with Gasteiger partial charge in [-0.2, -0.15) is 0 Å². The average molecular weight is 494 g/mol. The van der Waals surface area contributed by atoms with E-state index < -0.39 is 15.6 Å². The van der Waals surface area contributed by atoms with Crippen molar-refractivity contribution in [3.63, 3.8) is 0 Å². The van der Waals surface area contributed by atoms with Crippen molar-refractivity contribution in [2.24, 2.45) is 0 Å². The molecule has 10 heteroatoms. The zero-order chi connectivity index (χ0) is 24.5. The molecular formula is C23H31N3O5S2. The second-order valence-corrected chi connectivity index (χ2v) is 10.9. The van der Waals surface area contributed by atoms with Crippen molar-refractivity contribution in [2.45, 2.75) is 42.6 Å². The zero-order valence-electron chi connectivity index (χ0n) is 19.3. The van der Waals surface area contributed by atoms with Crippen LogP contribution in [0.1, 0.15) is 36.7 Å². The van der Waals surface area contributed by atoms with E-state index in [1.807, 2.05) is 0 Å². The first-order valence-corrected chi connectivity index (χ1v) is 12.9. The maximum absolute atomic E-state index is 12.9. The summed E-state index contributed by atoms with van der Waals surface area (Å²) in [6.45, 7) is 6.18. The first kappa shape index (κ1) is 26.8. The number of methoxy groups -OCH3 is 1. The van der Waals surface area contributed by atoms with Gasteiger partial charge < -0.3 is 15.4 Å². The van der Waals surface area contributed by atoms with Crippen molar-refractivity contribution in [1.29, 1.82) is 0 Å². The first-order valence-electron chi connectivity index (χ1n) is 10.4. The molecule has 0 heterocycles. The molecule has 0 saturated heterocycles. The second-order valence-electron chi connectivity index (χ2n) is 8.27. The van der Waals surface area contributed by atoms with Crippen LogP contribution in [0, 0.1) is 0 Å². The average Bonchev–Trinajstić information content (AvgIpc) is 2.75. The van der Waals surface area contributed by atoms with Crippen LogP contribution in [0.3, 0.4) is 0 Å². The zero-order valence-corrected chi connectivity index (χ0v) is 20.9. The Labute approximate surface area is 199 Å². The smallest absolute Gasteiger partial charge is 0.252 e. The third kappa shape index (κ3) is 8.81. The van der Waals surface area contributed by atoms with Crippen molar-refractivity contribution in [2.75, 3.05) is 26.0 Å². The molecule has 2 rings (SSSR count). The summed E-state index contributed by atoms with van der Waals surface area (Å²) in [5.74, 6) is -0.347. The summed E-state index contributed by atoms with van der Waals surface area (Å²) < 4.78 is 33.2. The van der Waals surface area contributed by atoms with E-state index in [4.69, 9.17) is 4.74 Å². The van der Waals surface area contributed by atoms with Gasteiger partial charge in [0, 0.05) is 30.6 Å². The Kier molecular flexibility index (Phi) is 9.90. The van der Waals surface area contributed by atoms with Crippen LogP contribution in [0.15, 0.2) is 58.3 Å². The number of carbonyl (C=O) groups excluding carboxylic acids is 2. The predicted molar refractivity (Wildman–Crippen MR) is 130 cm³/mol. The van der Waals surface area contributed by atoms with Crippen LogP contribution >= 0.6 is 11.8 Å². The minimum atomic E-state index is -3.76. The van der Waals surface area contributed by atoms with Crippen LogP contribution in [0.4, 0.5) is 0 Å². The molecule has 0 fully saturated rings. The molecule has 0 unspecified atom stereocenters. The predicted octanol–water partition coefficient (Wildman–Crippen LogP) is 2.55. The topological polar surface area (TPSA) is 114 Å². The van der Waals surface area contributed by atoms with E-state index in [-0.39, 0.29) is 29.0 Å². The molecule has 0 saturated carbocycles. The van der Waals surface area contributed by atoms with Crippen LogP contribution in [-0.2, 0) is 26.1 Å². The van der Waals surface area contributed by atoms with Crippen molar-refractivity contribution in [1.82, 2.24) is 15.4 Å². The maximum Gasteiger partial charge on any atom is 0.252 e. The highest BCUT2D eigenvalue weighted by Crippen LogP contribution is 2.23. The molecule has 0 aliphatic rings. The SMILES string of the molecule is COCCNC(=O)CSc1ccccc1C(=O)NCc1ccccc1S(=O)(=O)NC(C)(C)C. The van der Waals surface area contributed by atoms with Gasteiger partial charge in [-0.05, 0) is 44.5 Å². The van der Waals surface area contributed by atoms with Gasteiger partial charge in [0.15, 0.2) is 0 Å². The van der Waals surface area contributed by atoms with Crippen molar-refractivity contribution < 1.29 is 22.7 Å². The molecule has 0 bridgehead atoms. The summed E-state index contributed by atoms with van der Waals surface area (Å²) in [4.78, 5) is 25.6. The largest absolute Gasteiger partial charge is 0.383 e. The Bertz CT molecular complexity index is 1070. The highest BCUT2D eigenvalue weighted by Gasteiger charge is 2.24. The molecule has 0 aliphatic carbocycles. The molecule has 3 N–H and O–H groups in total. The summed E-state index contributed by atoms with van der Waals surface area (Å²) in [6, 6.07) is 13.5. The minimum absolute atomic E-state index is 0.0383. The molecule has 0 spiro atoms. The standard InChI is InChI=1S/C23H31N3O5S2/c1-23(2,3)26-33(29,30)20-12-8-5-9-17(20)15-25-22(28)18-10-6-7-11-19(18)32-16-21(27)24-13-14-31-4/h5-12,26H,13-16H2,1-4H3,(H,24,27)(H,25,28). The van der Waals surface area contributed by atoms with Gasteiger partial charge >= 0.3 is 0 Å². The number of rotatable bonds is 11. The highest BCUT2D eigenvalue weighted by atomic mass is 32.2. The van der Waals surface area contributed by atoms with E-state index in [9.17, 15) is 18.0 Å². The normalized spacial score (nSPS) is 11.8. The van der Waals surface area contributed by atoms with Crippen LogP contribution in [0.25, 0.3) is 0 Å². The maximum atomic E-state index is 12.9.